The number of benzene rings is 1. The first kappa shape index (κ1) is 15.2. The van der Waals surface area contributed by atoms with Crippen LogP contribution in [0.15, 0.2) is 36.5 Å². The molecule has 112 valence electrons. The minimum Gasteiger partial charge on any atom is -0.354 e. The van der Waals surface area contributed by atoms with Crippen LogP contribution in [-0.4, -0.2) is 23.1 Å². The molecule has 0 aliphatic carbocycles. The van der Waals surface area contributed by atoms with E-state index in [2.05, 4.69) is 15.3 Å². The van der Waals surface area contributed by atoms with Crippen molar-refractivity contribution in [1.29, 1.82) is 0 Å². The topological polar surface area (TPSA) is 63.8 Å². The van der Waals surface area contributed by atoms with Crippen molar-refractivity contribution >= 4 is 5.95 Å². The Kier molecular flexibility index (Phi) is 4.74. The molecule has 3 N–H and O–H groups in total. The lowest BCUT2D eigenvalue weighted by Crippen LogP contribution is -2.10. The molecule has 0 saturated carbocycles. The van der Waals surface area contributed by atoms with Gasteiger partial charge in [0.05, 0.1) is 11.3 Å². The maximum atomic E-state index is 12.7. The van der Waals surface area contributed by atoms with Gasteiger partial charge in [-0.25, -0.2) is 9.97 Å². The highest BCUT2D eigenvalue weighted by Gasteiger charge is 2.30. The minimum atomic E-state index is -4.37. The van der Waals surface area contributed by atoms with E-state index in [4.69, 9.17) is 5.73 Å². The van der Waals surface area contributed by atoms with Crippen molar-refractivity contribution in [3.05, 3.63) is 42.1 Å². The molecule has 4 nitrogen and oxygen atoms in total. The fourth-order valence-electron chi connectivity index (χ4n) is 1.76. The molecule has 21 heavy (non-hydrogen) atoms. The zero-order valence-corrected chi connectivity index (χ0v) is 11.2. The molecule has 0 spiro atoms. The highest BCUT2D eigenvalue weighted by Crippen LogP contribution is 2.31. The Balaban J connectivity index is 2.24. The predicted molar refractivity (Wildman–Crippen MR) is 74.6 cm³/mol. The number of hydrogen-bond donors (Lipinski definition) is 2. The fraction of sp³-hybridized carbons (Fsp3) is 0.286. The van der Waals surface area contributed by atoms with Crippen LogP contribution in [0.5, 0.6) is 0 Å². The number of nitrogens with one attached hydrogen (secondary N) is 1. The molecule has 0 bridgehead atoms. The first-order chi connectivity index (χ1) is 10.0. The molecular weight excluding hydrogens is 281 g/mol. The normalized spacial score (nSPS) is 11.4. The van der Waals surface area contributed by atoms with Crippen molar-refractivity contribution in [1.82, 2.24) is 9.97 Å². The zero-order chi connectivity index (χ0) is 15.3. The number of anilines is 1. The second-order valence-corrected chi connectivity index (χ2v) is 4.41. The lowest BCUT2D eigenvalue weighted by molar-refractivity contribution is -0.137. The van der Waals surface area contributed by atoms with Crippen molar-refractivity contribution < 1.29 is 13.2 Å². The van der Waals surface area contributed by atoms with Crippen LogP contribution in [0.3, 0.4) is 0 Å². The van der Waals surface area contributed by atoms with Crippen LogP contribution >= 0.6 is 0 Å². The lowest BCUT2D eigenvalue weighted by Gasteiger charge is -2.09. The Hall–Kier alpha value is -2.15. The van der Waals surface area contributed by atoms with Gasteiger partial charge in [-0.3, -0.25) is 0 Å². The third-order valence-electron chi connectivity index (χ3n) is 2.81. The molecule has 0 atom stereocenters. The van der Waals surface area contributed by atoms with E-state index in [0.29, 0.717) is 30.3 Å². The maximum Gasteiger partial charge on any atom is 0.416 e. The number of alkyl halides is 3. The summed E-state index contributed by atoms with van der Waals surface area (Å²) in [4.78, 5) is 8.23. The van der Waals surface area contributed by atoms with Crippen LogP contribution in [0.1, 0.15) is 12.0 Å². The van der Waals surface area contributed by atoms with Gasteiger partial charge in [0.2, 0.25) is 5.95 Å². The van der Waals surface area contributed by atoms with Crippen LogP contribution < -0.4 is 11.1 Å². The van der Waals surface area contributed by atoms with Gasteiger partial charge < -0.3 is 11.1 Å². The summed E-state index contributed by atoms with van der Waals surface area (Å²) in [6.45, 7) is 1.16. The predicted octanol–water partition coefficient (Wildman–Crippen LogP) is 2.92. The number of halogens is 3. The summed E-state index contributed by atoms with van der Waals surface area (Å²) in [5.74, 6) is 0.373. The lowest BCUT2D eigenvalue weighted by atomic mass is 10.1. The molecule has 0 aliphatic heterocycles. The monoisotopic (exact) mass is 296 g/mol. The molecule has 0 aliphatic rings. The van der Waals surface area contributed by atoms with E-state index in [1.807, 2.05) is 0 Å². The standard InChI is InChI=1S/C14H15F3N4/c15-14(16,17)11-4-1-3-10(9-11)12-5-8-20-13(21-12)19-7-2-6-18/h1,3-5,8-9H,2,6-7,18H2,(H,19,20,21). The molecule has 2 aromatic rings. The van der Waals surface area contributed by atoms with Crippen molar-refractivity contribution in [2.24, 2.45) is 5.73 Å². The summed E-state index contributed by atoms with van der Waals surface area (Å²) in [7, 11) is 0. The average Bonchev–Trinajstić information content (AvgIpc) is 2.47. The SMILES string of the molecule is NCCCNc1nccc(-c2cccc(C(F)(F)F)c2)n1. The van der Waals surface area contributed by atoms with Gasteiger partial charge in [0.15, 0.2) is 0 Å². The van der Waals surface area contributed by atoms with E-state index in [1.54, 1.807) is 12.1 Å². The quantitative estimate of drug-likeness (QED) is 0.833. The van der Waals surface area contributed by atoms with E-state index >= 15 is 0 Å². The van der Waals surface area contributed by atoms with Gasteiger partial charge in [-0.05, 0) is 31.2 Å². The highest BCUT2D eigenvalue weighted by molar-refractivity contribution is 5.61. The third-order valence-corrected chi connectivity index (χ3v) is 2.81. The smallest absolute Gasteiger partial charge is 0.354 e. The molecule has 0 radical (unpaired) electrons. The van der Waals surface area contributed by atoms with Crippen LogP contribution in [0.25, 0.3) is 11.3 Å². The molecule has 0 fully saturated rings. The summed E-state index contributed by atoms with van der Waals surface area (Å²) in [5.41, 5.74) is 5.52. The zero-order valence-electron chi connectivity index (χ0n) is 11.2. The van der Waals surface area contributed by atoms with Crippen LogP contribution in [0.4, 0.5) is 19.1 Å². The Morgan fingerprint density at radius 3 is 2.71 bits per heavy atom. The second-order valence-electron chi connectivity index (χ2n) is 4.41. The molecule has 0 amide bonds. The number of aromatic nitrogens is 2. The van der Waals surface area contributed by atoms with E-state index < -0.39 is 11.7 Å². The van der Waals surface area contributed by atoms with Crippen molar-refractivity contribution in [2.75, 3.05) is 18.4 Å². The number of nitrogens with two attached hydrogens (primary N) is 1. The Bertz CT molecular complexity index is 599. The summed E-state index contributed by atoms with van der Waals surface area (Å²) in [6.07, 6.45) is -2.10. The minimum absolute atomic E-state index is 0.373. The van der Waals surface area contributed by atoms with Gasteiger partial charge >= 0.3 is 6.18 Å². The summed E-state index contributed by atoms with van der Waals surface area (Å²) < 4.78 is 38.1. The molecular formula is C14H15F3N4. The first-order valence-electron chi connectivity index (χ1n) is 6.45. The molecule has 0 unspecified atom stereocenters. The van der Waals surface area contributed by atoms with Crippen molar-refractivity contribution in [3.63, 3.8) is 0 Å². The number of nitrogens with zero attached hydrogens (tertiary/aromatic N) is 2. The van der Waals surface area contributed by atoms with Gasteiger partial charge in [0.25, 0.3) is 0 Å². The number of hydrogen-bond acceptors (Lipinski definition) is 4. The third kappa shape index (κ3) is 4.16. The van der Waals surface area contributed by atoms with E-state index in [1.165, 1.54) is 12.3 Å². The van der Waals surface area contributed by atoms with Gasteiger partial charge in [-0.1, -0.05) is 12.1 Å². The van der Waals surface area contributed by atoms with E-state index in [9.17, 15) is 13.2 Å². The van der Waals surface area contributed by atoms with Crippen molar-refractivity contribution in [3.8, 4) is 11.3 Å². The van der Waals surface area contributed by atoms with Crippen LogP contribution in [0.2, 0.25) is 0 Å². The van der Waals surface area contributed by atoms with E-state index in [-0.39, 0.29) is 0 Å². The van der Waals surface area contributed by atoms with Gasteiger partial charge in [-0.2, -0.15) is 13.2 Å². The maximum absolute atomic E-state index is 12.7. The Morgan fingerprint density at radius 1 is 1.19 bits per heavy atom. The second kappa shape index (κ2) is 6.53. The molecule has 7 heteroatoms. The molecule has 0 saturated heterocycles. The number of rotatable bonds is 5. The average molecular weight is 296 g/mol. The Morgan fingerprint density at radius 2 is 2.00 bits per heavy atom. The van der Waals surface area contributed by atoms with Crippen molar-refractivity contribution in [2.45, 2.75) is 12.6 Å². The van der Waals surface area contributed by atoms with Crippen LogP contribution in [0, 0.1) is 0 Å². The van der Waals surface area contributed by atoms with Gasteiger partial charge in [0.1, 0.15) is 0 Å². The fourth-order valence-corrected chi connectivity index (χ4v) is 1.76. The molecule has 2 rings (SSSR count). The van der Waals surface area contributed by atoms with Gasteiger partial charge in [0, 0.05) is 18.3 Å². The molecule has 1 aromatic heterocycles. The molecule has 1 aromatic carbocycles. The summed E-state index contributed by atoms with van der Waals surface area (Å²) in [5, 5.41) is 2.98. The highest BCUT2D eigenvalue weighted by atomic mass is 19.4. The van der Waals surface area contributed by atoms with Crippen LogP contribution in [-0.2, 0) is 6.18 Å². The molecule has 1 heterocycles. The summed E-state index contributed by atoms with van der Waals surface area (Å²) in [6, 6.07) is 6.63. The Labute approximate surface area is 120 Å². The van der Waals surface area contributed by atoms with Gasteiger partial charge in [-0.15, -0.1) is 0 Å². The summed E-state index contributed by atoms with van der Waals surface area (Å²) >= 11 is 0. The first-order valence-corrected chi connectivity index (χ1v) is 6.45. The van der Waals surface area contributed by atoms with E-state index in [0.717, 1.165) is 18.6 Å². The largest absolute Gasteiger partial charge is 0.416 e.